The summed E-state index contributed by atoms with van der Waals surface area (Å²) in [4.78, 5) is 32.4. The maximum atomic E-state index is 12.1. The van der Waals surface area contributed by atoms with Crippen LogP contribution in [0.25, 0.3) is 0 Å². The molecular weight excluding hydrogens is 456 g/mol. The Morgan fingerprint density at radius 2 is 2.06 bits per heavy atom. The van der Waals surface area contributed by atoms with Gasteiger partial charge in [0.2, 0.25) is 11.9 Å². The lowest BCUT2D eigenvalue weighted by Crippen LogP contribution is -2.41. The number of aryl methyl sites for hydroxylation is 1. The van der Waals surface area contributed by atoms with E-state index >= 15 is 0 Å². The minimum atomic E-state index is -0.795. The molecule has 2 aliphatic carbocycles. The van der Waals surface area contributed by atoms with Crippen molar-refractivity contribution in [3.63, 3.8) is 0 Å². The number of hydrogen-bond acceptors (Lipinski definition) is 7. The van der Waals surface area contributed by atoms with Gasteiger partial charge < -0.3 is 26.4 Å². The Labute approximate surface area is 202 Å². The predicted octanol–water partition coefficient (Wildman–Crippen LogP) is 3.62. The van der Waals surface area contributed by atoms with Crippen LogP contribution in [0.3, 0.4) is 0 Å². The van der Waals surface area contributed by atoms with Crippen LogP contribution in [0.1, 0.15) is 37.8 Å². The Morgan fingerprint density at radius 1 is 1.26 bits per heavy atom. The van der Waals surface area contributed by atoms with Crippen molar-refractivity contribution in [2.75, 3.05) is 10.6 Å². The summed E-state index contributed by atoms with van der Waals surface area (Å²) < 4.78 is 5.38. The van der Waals surface area contributed by atoms with Crippen LogP contribution in [0.2, 0.25) is 5.02 Å². The molecule has 2 amide bonds. The molecule has 2 heterocycles. The molecule has 1 saturated carbocycles. The smallest absolute Gasteiger partial charge is 0.404 e. The van der Waals surface area contributed by atoms with Crippen LogP contribution < -0.4 is 21.7 Å². The number of primary amides is 1. The van der Waals surface area contributed by atoms with E-state index in [2.05, 4.69) is 38.1 Å². The molecule has 34 heavy (non-hydrogen) atoms. The molecule has 178 valence electrons. The van der Waals surface area contributed by atoms with Crippen molar-refractivity contribution in [3.8, 4) is 0 Å². The van der Waals surface area contributed by atoms with Gasteiger partial charge in [-0.05, 0) is 49.9 Å². The first-order chi connectivity index (χ1) is 16.2. The topological polar surface area (TPSA) is 131 Å². The maximum absolute atomic E-state index is 12.1. The number of nitrogens with zero attached hydrogens (tertiary/aromatic N) is 2. The fraction of sp³-hybridized carbons (Fsp3) is 0.417. The molecule has 0 spiro atoms. The number of benzene rings is 1. The first-order valence-corrected chi connectivity index (χ1v) is 11.7. The van der Waals surface area contributed by atoms with Crippen LogP contribution in [-0.2, 0) is 21.5 Å². The van der Waals surface area contributed by atoms with E-state index in [-0.39, 0.29) is 29.9 Å². The summed E-state index contributed by atoms with van der Waals surface area (Å²) in [5, 5.41) is 10.0. The van der Waals surface area contributed by atoms with Crippen LogP contribution in [0.4, 0.5) is 22.2 Å². The molecule has 4 atom stereocenters. The van der Waals surface area contributed by atoms with Gasteiger partial charge in [0.1, 0.15) is 11.1 Å². The number of halogens is 1. The molecule has 1 fully saturated rings. The first kappa shape index (κ1) is 22.5. The molecule has 9 nitrogen and oxygen atoms in total. The number of carbonyl (C=O) groups excluding carboxylic acids is 2. The number of nitrogens with one attached hydrogen (secondary N) is 3. The lowest BCUT2D eigenvalue weighted by atomic mass is 9.89. The Morgan fingerprint density at radius 3 is 2.85 bits per heavy atom. The zero-order valence-corrected chi connectivity index (χ0v) is 19.7. The van der Waals surface area contributed by atoms with Crippen molar-refractivity contribution in [3.05, 3.63) is 52.7 Å². The summed E-state index contributed by atoms with van der Waals surface area (Å²) in [6.07, 6.45) is 6.58. The fourth-order valence-electron chi connectivity index (χ4n) is 5.26. The molecular formula is C24H27ClN6O3. The average Bonchev–Trinajstić information content (AvgIpc) is 3.34. The molecule has 5 N–H and O–H groups in total. The van der Waals surface area contributed by atoms with Gasteiger partial charge in [-0.25, -0.2) is 9.78 Å². The van der Waals surface area contributed by atoms with Crippen molar-refractivity contribution in [1.82, 2.24) is 15.3 Å². The Hall–Kier alpha value is -3.33. The molecule has 2 bridgehead atoms. The number of ether oxygens (including phenoxy) is 1. The third kappa shape index (κ3) is 4.27. The van der Waals surface area contributed by atoms with Gasteiger partial charge in [0.15, 0.2) is 5.82 Å². The number of carbonyl (C=O) groups is 2. The summed E-state index contributed by atoms with van der Waals surface area (Å²) in [6, 6.07) is 5.82. The molecule has 2 aromatic rings. The predicted molar refractivity (Wildman–Crippen MR) is 129 cm³/mol. The lowest BCUT2D eigenvalue weighted by Gasteiger charge is -2.28. The zero-order valence-electron chi connectivity index (χ0n) is 19.0. The molecule has 10 heteroatoms. The van der Waals surface area contributed by atoms with Gasteiger partial charge in [-0.2, -0.15) is 4.98 Å². The van der Waals surface area contributed by atoms with Gasteiger partial charge in [0.05, 0.1) is 17.8 Å². The van der Waals surface area contributed by atoms with Gasteiger partial charge in [-0.15, -0.1) is 0 Å². The largest absolute Gasteiger partial charge is 0.444 e. The normalized spacial score (nSPS) is 26.4. The van der Waals surface area contributed by atoms with Gasteiger partial charge in [0, 0.05) is 23.9 Å². The minimum absolute atomic E-state index is 0.0431. The summed E-state index contributed by atoms with van der Waals surface area (Å²) in [7, 11) is 0. The van der Waals surface area contributed by atoms with Crippen LogP contribution in [0, 0.1) is 11.8 Å². The second-order valence-electron chi connectivity index (χ2n) is 9.58. The van der Waals surface area contributed by atoms with Crippen molar-refractivity contribution in [1.29, 1.82) is 0 Å². The molecule has 0 saturated heterocycles. The molecule has 1 aliphatic heterocycles. The Bertz CT molecular complexity index is 1180. The monoisotopic (exact) mass is 482 g/mol. The van der Waals surface area contributed by atoms with Crippen LogP contribution >= 0.6 is 11.6 Å². The van der Waals surface area contributed by atoms with E-state index in [0.29, 0.717) is 29.6 Å². The quantitative estimate of drug-likeness (QED) is 0.478. The van der Waals surface area contributed by atoms with E-state index in [1.807, 2.05) is 32.0 Å². The maximum Gasteiger partial charge on any atom is 0.404 e. The summed E-state index contributed by atoms with van der Waals surface area (Å²) in [5.74, 6) is 1.18. The number of anilines is 3. The average molecular weight is 483 g/mol. The molecule has 1 aromatic heterocycles. The van der Waals surface area contributed by atoms with E-state index in [9.17, 15) is 9.59 Å². The number of rotatable bonds is 5. The number of amides is 2. The third-order valence-electron chi connectivity index (χ3n) is 6.80. The second kappa shape index (κ2) is 8.47. The highest BCUT2D eigenvalue weighted by Crippen LogP contribution is 2.43. The highest BCUT2D eigenvalue weighted by Gasteiger charge is 2.47. The van der Waals surface area contributed by atoms with E-state index in [1.54, 1.807) is 0 Å². The highest BCUT2D eigenvalue weighted by molar-refractivity contribution is 6.32. The number of fused-ring (bicyclic) bond motifs is 3. The van der Waals surface area contributed by atoms with Crippen molar-refractivity contribution >= 4 is 41.1 Å². The van der Waals surface area contributed by atoms with Gasteiger partial charge >= 0.3 is 6.09 Å². The third-order valence-corrected chi connectivity index (χ3v) is 7.08. The van der Waals surface area contributed by atoms with Crippen LogP contribution in [0.15, 0.2) is 36.5 Å². The molecule has 0 radical (unpaired) electrons. The first-order valence-electron chi connectivity index (χ1n) is 11.3. The molecule has 3 aliphatic rings. The highest BCUT2D eigenvalue weighted by atomic mass is 35.5. The lowest BCUT2D eigenvalue weighted by molar-refractivity contribution is -0.122. The Kier molecular flexibility index (Phi) is 5.59. The minimum Gasteiger partial charge on any atom is -0.444 e. The van der Waals surface area contributed by atoms with E-state index in [4.69, 9.17) is 22.1 Å². The molecule has 0 unspecified atom stereocenters. The molecule has 5 rings (SSSR count). The van der Waals surface area contributed by atoms with Crippen molar-refractivity contribution < 1.29 is 14.3 Å². The summed E-state index contributed by atoms with van der Waals surface area (Å²) >= 11 is 6.39. The SMILES string of the molecule is CC1(C)NC(=O)CCc2ccc(Nc3ncc(Cl)c(N[C@@H]4[C@H](OC(N)=O)[C@H]5C=C[C@@H]4C5)n3)cc21. The van der Waals surface area contributed by atoms with Gasteiger partial charge in [-0.1, -0.05) is 29.8 Å². The van der Waals surface area contributed by atoms with Crippen LogP contribution in [0.5, 0.6) is 0 Å². The number of hydrogen-bond donors (Lipinski definition) is 4. The van der Waals surface area contributed by atoms with E-state index in [1.165, 1.54) is 6.20 Å². The zero-order chi connectivity index (χ0) is 24.0. The van der Waals surface area contributed by atoms with Gasteiger partial charge in [0.25, 0.3) is 0 Å². The summed E-state index contributed by atoms with van der Waals surface area (Å²) in [5.41, 5.74) is 7.79. The van der Waals surface area contributed by atoms with Crippen molar-refractivity contribution in [2.45, 2.75) is 50.8 Å². The van der Waals surface area contributed by atoms with E-state index in [0.717, 1.165) is 23.2 Å². The van der Waals surface area contributed by atoms with E-state index < -0.39 is 11.6 Å². The Balaban J connectivity index is 1.37. The number of aromatic nitrogens is 2. The number of nitrogens with two attached hydrogens (primary N) is 1. The summed E-state index contributed by atoms with van der Waals surface area (Å²) in [6.45, 7) is 3.99. The fourth-order valence-corrected chi connectivity index (χ4v) is 5.40. The van der Waals surface area contributed by atoms with Gasteiger partial charge in [-0.3, -0.25) is 4.79 Å². The standard InChI is InChI=1S/C24H27ClN6O3/c1-24(2)16-10-15(7-5-12(16)6-8-18(32)31-24)28-23-27-11-17(25)21(30-23)29-19-13-3-4-14(9-13)20(19)34-22(26)33/h3-5,7,10-11,13-14,19-20H,6,8-9H2,1-2H3,(H2,26,33)(H,31,32)(H2,27,28,29,30)/t13-,14+,19+,20-/m1/s1. The second-order valence-corrected chi connectivity index (χ2v) is 9.99. The van der Waals surface area contributed by atoms with Crippen LogP contribution in [-0.4, -0.2) is 34.1 Å². The molecule has 1 aromatic carbocycles. The van der Waals surface area contributed by atoms with Crippen molar-refractivity contribution in [2.24, 2.45) is 17.6 Å².